The molecule has 0 saturated heterocycles. The second-order valence-electron chi connectivity index (χ2n) is 3.35. The van der Waals surface area contributed by atoms with Gasteiger partial charge in [-0.3, -0.25) is 0 Å². The lowest BCUT2D eigenvalue weighted by Gasteiger charge is -1.99. The molecular weight excluding hydrogens is 206 g/mol. The van der Waals surface area contributed by atoms with Crippen molar-refractivity contribution >= 4 is 12.0 Å². The molecule has 1 aromatic rings. The predicted molar refractivity (Wildman–Crippen MR) is 60.3 cm³/mol. The van der Waals surface area contributed by atoms with Gasteiger partial charge in [-0.25, -0.2) is 4.79 Å². The lowest BCUT2D eigenvalue weighted by atomic mass is 10.2. The number of nitrogens with zero attached hydrogens (tertiary/aromatic N) is 1. The molecule has 0 unspecified atom stereocenters. The summed E-state index contributed by atoms with van der Waals surface area (Å²) in [5, 5.41) is 10.9. The van der Waals surface area contributed by atoms with E-state index < -0.39 is 0 Å². The van der Waals surface area contributed by atoms with Crippen LogP contribution in [-0.2, 0) is 9.53 Å². The Balaban J connectivity index is 2.44. The van der Waals surface area contributed by atoms with Gasteiger partial charge in [-0.15, -0.1) is 0 Å². The number of hydrogen-bond acceptors (Lipinski definition) is 3. The molecule has 0 aliphatic rings. The summed E-state index contributed by atoms with van der Waals surface area (Å²) in [5.74, 6) is -0.380. The van der Waals surface area contributed by atoms with Gasteiger partial charge in [0.15, 0.2) is 12.4 Å². The third kappa shape index (κ3) is 4.59. The van der Waals surface area contributed by atoms with Crippen LogP contribution in [0, 0.1) is 5.21 Å². The highest BCUT2D eigenvalue weighted by atomic mass is 16.5. The number of rotatable bonds is 5. The van der Waals surface area contributed by atoms with E-state index in [9.17, 15) is 10.0 Å². The van der Waals surface area contributed by atoms with Crippen LogP contribution < -0.4 is 4.73 Å². The molecule has 0 bridgehead atoms. The maximum atomic E-state index is 11.2. The zero-order valence-electron chi connectivity index (χ0n) is 9.26. The third-order valence-electron chi connectivity index (χ3n) is 1.95. The Labute approximate surface area is 94.7 Å². The van der Waals surface area contributed by atoms with Gasteiger partial charge < -0.3 is 9.94 Å². The second kappa shape index (κ2) is 6.61. The monoisotopic (exact) mass is 221 g/mol. The number of aromatic nitrogens is 1. The summed E-state index contributed by atoms with van der Waals surface area (Å²) in [5.41, 5.74) is 0.671. The number of hydrogen-bond donors (Lipinski definition) is 0. The lowest BCUT2D eigenvalue weighted by Crippen LogP contribution is -2.24. The van der Waals surface area contributed by atoms with Crippen LogP contribution in [0.1, 0.15) is 25.3 Å². The molecular formula is C12H15NO3. The van der Waals surface area contributed by atoms with E-state index in [1.165, 1.54) is 18.5 Å². The Morgan fingerprint density at radius 1 is 1.62 bits per heavy atom. The van der Waals surface area contributed by atoms with Gasteiger partial charge in [-0.05, 0) is 18.6 Å². The maximum absolute atomic E-state index is 11.2. The third-order valence-corrected chi connectivity index (χ3v) is 1.95. The molecule has 16 heavy (non-hydrogen) atoms. The minimum Gasteiger partial charge on any atom is -0.619 e. The van der Waals surface area contributed by atoms with Crippen molar-refractivity contribution in [3.05, 3.63) is 41.4 Å². The van der Waals surface area contributed by atoms with Crippen LogP contribution in [0.15, 0.2) is 30.6 Å². The van der Waals surface area contributed by atoms with Gasteiger partial charge in [0.2, 0.25) is 0 Å². The SMILES string of the molecule is CCCCOC(=O)C=Cc1ccc[n+]([O-])c1. The number of carbonyl (C=O) groups excluding carboxylic acids is 1. The maximum Gasteiger partial charge on any atom is 0.330 e. The second-order valence-corrected chi connectivity index (χ2v) is 3.35. The first-order valence-electron chi connectivity index (χ1n) is 5.26. The topological polar surface area (TPSA) is 53.2 Å². The Morgan fingerprint density at radius 2 is 2.44 bits per heavy atom. The number of pyridine rings is 1. The van der Waals surface area contributed by atoms with E-state index in [-0.39, 0.29) is 5.97 Å². The van der Waals surface area contributed by atoms with Crippen LogP contribution in [0.4, 0.5) is 0 Å². The molecule has 0 aliphatic heterocycles. The first kappa shape index (κ1) is 12.2. The highest BCUT2D eigenvalue weighted by molar-refractivity contribution is 5.86. The van der Waals surface area contributed by atoms with Crippen molar-refractivity contribution in [2.24, 2.45) is 0 Å². The number of carbonyl (C=O) groups is 1. The van der Waals surface area contributed by atoms with Gasteiger partial charge in [0, 0.05) is 17.7 Å². The van der Waals surface area contributed by atoms with E-state index in [0.717, 1.165) is 12.8 Å². The van der Waals surface area contributed by atoms with Gasteiger partial charge in [-0.2, -0.15) is 4.73 Å². The van der Waals surface area contributed by atoms with Crippen molar-refractivity contribution in [2.45, 2.75) is 19.8 Å². The Hall–Kier alpha value is -1.84. The van der Waals surface area contributed by atoms with Crippen molar-refractivity contribution in [3.8, 4) is 0 Å². The fourth-order valence-corrected chi connectivity index (χ4v) is 1.10. The van der Waals surface area contributed by atoms with Crippen LogP contribution in [0.25, 0.3) is 6.08 Å². The average Bonchev–Trinajstić information content (AvgIpc) is 2.27. The van der Waals surface area contributed by atoms with Crippen LogP contribution >= 0.6 is 0 Å². The van der Waals surface area contributed by atoms with Gasteiger partial charge >= 0.3 is 5.97 Å². The molecule has 1 aromatic heterocycles. The van der Waals surface area contributed by atoms with Crippen molar-refractivity contribution < 1.29 is 14.3 Å². The number of unbranched alkanes of at least 4 members (excludes halogenated alkanes) is 1. The molecule has 0 spiro atoms. The van der Waals surface area contributed by atoms with E-state index >= 15 is 0 Å². The van der Waals surface area contributed by atoms with E-state index in [0.29, 0.717) is 16.9 Å². The standard InChI is InChI=1S/C12H15NO3/c1-2-3-9-16-12(14)7-6-11-5-4-8-13(15)10-11/h4-8,10H,2-3,9H2,1H3. The Morgan fingerprint density at radius 3 is 3.12 bits per heavy atom. The van der Waals surface area contributed by atoms with Crippen LogP contribution in [0.5, 0.6) is 0 Å². The summed E-state index contributed by atoms with van der Waals surface area (Å²) in [6.07, 6.45) is 7.51. The highest BCUT2D eigenvalue weighted by Gasteiger charge is 1.97. The fraction of sp³-hybridized carbons (Fsp3) is 0.333. The van der Waals surface area contributed by atoms with E-state index in [2.05, 4.69) is 0 Å². The molecule has 1 rings (SSSR count). The largest absolute Gasteiger partial charge is 0.619 e. The lowest BCUT2D eigenvalue weighted by molar-refractivity contribution is -0.605. The molecule has 4 heteroatoms. The van der Waals surface area contributed by atoms with E-state index in [4.69, 9.17) is 4.74 Å². The highest BCUT2D eigenvalue weighted by Crippen LogP contribution is 1.98. The normalized spacial score (nSPS) is 10.6. The molecule has 0 amide bonds. The first-order valence-corrected chi connectivity index (χ1v) is 5.26. The molecule has 0 radical (unpaired) electrons. The molecule has 0 N–H and O–H groups in total. The first-order chi connectivity index (χ1) is 7.72. The van der Waals surface area contributed by atoms with Gasteiger partial charge in [0.05, 0.1) is 6.61 Å². The van der Waals surface area contributed by atoms with E-state index in [1.54, 1.807) is 18.2 Å². The average molecular weight is 221 g/mol. The van der Waals surface area contributed by atoms with Gasteiger partial charge in [-0.1, -0.05) is 13.3 Å². The van der Waals surface area contributed by atoms with Crippen molar-refractivity contribution in [2.75, 3.05) is 6.61 Å². The summed E-state index contributed by atoms with van der Waals surface area (Å²) in [7, 11) is 0. The molecule has 0 atom stereocenters. The molecule has 1 heterocycles. The molecule has 4 nitrogen and oxygen atoms in total. The predicted octanol–water partition coefficient (Wildman–Crippen LogP) is 1.68. The van der Waals surface area contributed by atoms with Crippen molar-refractivity contribution in [3.63, 3.8) is 0 Å². The minimum absolute atomic E-state index is 0.380. The summed E-state index contributed by atoms with van der Waals surface area (Å²) in [6.45, 7) is 2.47. The molecule has 0 aromatic carbocycles. The number of ether oxygens (including phenoxy) is 1. The minimum atomic E-state index is -0.380. The summed E-state index contributed by atoms with van der Waals surface area (Å²) in [4.78, 5) is 11.2. The number of esters is 1. The van der Waals surface area contributed by atoms with E-state index in [1.807, 2.05) is 6.92 Å². The Kier molecular flexibility index (Phi) is 5.05. The zero-order valence-corrected chi connectivity index (χ0v) is 9.26. The van der Waals surface area contributed by atoms with Crippen LogP contribution in [0.3, 0.4) is 0 Å². The van der Waals surface area contributed by atoms with Gasteiger partial charge in [0.1, 0.15) is 0 Å². The summed E-state index contributed by atoms with van der Waals surface area (Å²) >= 11 is 0. The molecule has 0 aliphatic carbocycles. The smallest absolute Gasteiger partial charge is 0.330 e. The van der Waals surface area contributed by atoms with Crippen molar-refractivity contribution in [1.29, 1.82) is 0 Å². The zero-order chi connectivity index (χ0) is 11.8. The van der Waals surface area contributed by atoms with Crippen molar-refractivity contribution in [1.82, 2.24) is 0 Å². The molecule has 0 fully saturated rings. The van der Waals surface area contributed by atoms with Gasteiger partial charge in [0.25, 0.3) is 0 Å². The van der Waals surface area contributed by atoms with Crippen LogP contribution in [0.2, 0.25) is 0 Å². The van der Waals surface area contributed by atoms with Crippen LogP contribution in [-0.4, -0.2) is 12.6 Å². The molecule has 0 saturated carbocycles. The summed E-state index contributed by atoms with van der Waals surface area (Å²) in [6, 6.07) is 3.36. The Bertz CT molecular complexity index is 374. The quantitative estimate of drug-likeness (QED) is 0.250. The summed E-state index contributed by atoms with van der Waals surface area (Å²) < 4.78 is 5.61. The fourth-order valence-electron chi connectivity index (χ4n) is 1.10. The molecule has 86 valence electrons.